The van der Waals surface area contributed by atoms with Gasteiger partial charge in [0, 0.05) is 38.5 Å². The van der Waals surface area contributed by atoms with E-state index in [1.165, 1.54) is 6.92 Å². The number of H-pyrrole nitrogens is 1. The molecule has 0 aliphatic carbocycles. The largest absolute Gasteiger partial charge is 0.370 e. The Morgan fingerprint density at radius 2 is 1.91 bits per heavy atom. The van der Waals surface area contributed by atoms with Crippen LogP contribution in [0.15, 0.2) is 47.4 Å². The second-order valence-corrected chi connectivity index (χ2v) is 8.75. The average molecular weight is 433 g/mol. The Labute approximate surface area is 186 Å². The maximum absolute atomic E-state index is 12.4. The molecule has 2 fully saturated rings. The van der Waals surface area contributed by atoms with Crippen molar-refractivity contribution in [2.45, 2.75) is 38.1 Å². The lowest BCUT2D eigenvalue weighted by Crippen LogP contribution is -2.44. The van der Waals surface area contributed by atoms with Gasteiger partial charge in [-0.3, -0.25) is 14.5 Å². The van der Waals surface area contributed by atoms with Crippen molar-refractivity contribution in [3.05, 3.63) is 58.8 Å². The number of amides is 1. The highest BCUT2D eigenvalue weighted by atomic mass is 16.1. The highest BCUT2D eigenvalue weighted by Crippen LogP contribution is 2.30. The van der Waals surface area contributed by atoms with Gasteiger partial charge in [-0.1, -0.05) is 12.1 Å². The number of hydrogen-bond acceptors (Lipinski definition) is 6. The smallest absolute Gasteiger partial charge is 0.258 e. The number of carbonyl (C=O) groups is 1. The summed E-state index contributed by atoms with van der Waals surface area (Å²) in [6.45, 7) is 5.44. The van der Waals surface area contributed by atoms with Gasteiger partial charge in [0.2, 0.25) is 5.91 Å². The van der Waals surface area contributed by atoms with E-state index in [1.807, 2.05) is 42.6 Å². The SMILES string of the molecule is CC(=O)Nc1ccc(N2CCC(N3CCC(c4nc5ccccc5c(=O)[nH]4)C3)CC2)cn1. The van der Waals surface area contributed by atoms with Gasteiger partial charge in [-0.15, -0.1) is 0 Å². The molecule has 2 saturated heterocycles. The number of hydrogen-bond donors (Lipinski definition) is 2. The topological polar surface area (TPSA) is 94.2 Å². The second kappa shape index (κ2) is 8.70. The molecule has 1 atom stereocenters. The molecule has 8 heteroatoms. The van der Waals surface area contributed by atoms with E-state index < -0.39 is 0 Å². The van der Waals surface area contributed by atoms with Gasteiger partial charge in [-0.2, -0.15) is 0 Å². The molecule has 1 unspecified atom stereocenters. The molecule has 5 rings (SSSR count). The van der Waals surface area contributed by atoms with Crippen LogP contribution < -0.4 is 15.8 Å². The zero-order valence-corrected chi connectivity index (χ0v) is 18.3. The molecule has 2 aromatic heterocycles. The van der Waals surface area contributed by atoms with Gasteiger partial charge in [0.1, 0.15) is 11.6 Å². The number of nitrogens with one attached hydrogen (secondary N) is 2. The minimum atomic E-state index is -0.113. The zero-order chi connectivity index (χ0) is 22.1. The Hall–Kier alpha value is -3.26. The van der Waals surface area contributed by atoms with Gasteiger partial charge in [-0.05, 0) is 50.1 Å². The fraction of sp³-hybridized carbons (Fsp3) is 0.417. The summed E-state index contributed by atoms with van der Waals surface area (Å²) in [5.74, 6) is 1.56. The number of aromatic nitrogens is 3. The van der Waals surface area contributed by atoms with Crippen LogP contribution in [0.1, 0.15) is 37.9 Å². The standard InChI is InChI=1S/C24H28N6O2/c1-16(31)26-22-7-6-19(14-25-22)29-12-9-18(10-13-29)30-11-8-17(15-30)23-27-21-5-3-2-4-20(21)24(32)28-23/h2-7,14,17-18H,8-13,15H2,1H3,(H,25,26,31)(H,27,28,32). The van der Waals surface area contributed by atoms with Gasteiger partial charge >= 0.3 is 0 Å². The fourth-order valence-corrected chi connectivity index (χ4v) is 4.96. The van der Waals surface area contributed by atoms with E-state index in [9.17, 15) is 9.59 Å². The fourth-order valence-electron chi connectivity index (χ4n) is 4.96. The van der Waals surface area contributed by atoms with Gasteiger partial charge < -0.3 is 15.2 Å². The number of likely N-dealkylation sites (tertiary alicyclic amines) is 1. The van der Waals surface area contributed by atoms with Crippen molar-refractivity contribution in [2.75, 3.05) is 36.4 Å². The van der Waals surface area contributed by atoms with Crippen molar-refractivity contribution in [2.24, 2.45) is 0 Å². The molecule has 2 aliphatic rings. The normalized spacial score (nSPS) is 20.0. The van der Waals surface area contributed by atoms with E-state index in [0.29, 0.717) is 17.2 Å². The van der Waals surface area contributed by atoms with Crippen LogP contribution in [0, 0.1) is 0 Å². The molecule has 0 spiro atoms. The summed E-state index contributed by atoms with van der Waals surface area (Å²) in [4.78, 5) is 40.6. The molecule has 2 aliphatic heterocycles. The lowest BCUT2D eigenvalue weighted by molar-refractivity contribution is -0.114. The lowest BCUT2D eigenvalue weighted by Gasteiger charge is -2.37. The van der Waals surface area contributed by atoms with Gasteiger partial charge in [-0.25, -0.2) is 9.97 Å². The number of anilines is 2. The summed E-state index contributed by atoms with van der Waals surface area (Å²) in [6, 6.07) is 12.0. The number of aromatic amines is 1. The first kappa shape index (κ1) is 20.6. The third-order valence-electron chi connectivity index (χ3n) is 6.64. The molecular formula is C24H28N6O2. The highest BCUT2D eigenvalue weighted by molar-refractivity contribution is 5.87. The van der Waals surface area contributed by atoms with Crippen LogP contribution in [-0.4, -0.2) is 58.0 Å². The third kappa shape index (κ3) is 4.23. The van der Waals surface area contributed by atoms with Gasteiger partial charge in [0.15, 0.2) is 0 Å². The first-order chi connectivity index (χ1) is 15.6. The van der Waals surface area contributed by atoms with Gasteiger partial charge in [0.05, 0.1) is 22.8 Å². The monoisotopic (exact) mass is 432 g/mol. The molecule has 2 N–H and O–H groups in total. The van der Waals surface area contributed by atoms with Crippen molar-refractivity contribution in [3.8, 4) is 0 Å². The van der Waals surface area contributed by atoms with Crippen LogP contribution in [-0.2, 0) is 4.79 Å². The minimum absolute atomic E-state index is 0.0458. The predicted octanol–water partition coefficient (Wildman–Crippen LogP) is 2.73. The molecule has 0 radical (unpaired) electrons. The van der Waals surface area contributed by atoms with E-state index in [-0.39, 0.29) is 17.4 Å². The molecule has 3 aromatic rings. The van der Waals surface area contributed by atoms with E-state index in [0.717, 1.165) is 62.5 Å². The van der Waals surface area contributed by atoms with Crippen molar-refractivity contribution >= 4 is 28.3 Å². The molecule has 0 saturated carbocycles. The third-order valence-corrected chi connectivity index (χ3v) is 6.64. The van der Waals surface area contributed by atoms with Crippen molar-refractivity contribution in [3.63, 3.8) is 0 Å². The number of fused-ring (bicyclic) bond motifs is 1. The van der Waals surface area contributed by atoms with E-state index in [4.69, 9.17) is 4.98 Å². The number of rotatable bonds is 4. The molecule has 0 bridgehead atoms. The lowest BCUT2D eigenvalue weighted by atomic mass is 10.0. The predicted molar refractivity (Wildman–Crippen MR) is 125 cm³/mol. The first-order valence-corrected chi connectivity index (χ1v) is 11.3. The van der Waals surface area contributed by atoms with Crippen LogP contribution in [0.5, 0.6) is 0 Å². The maximum atomic E-state index is 12.4. The Morgan fingerprint density at radius 3 is 2.66 bits per heavy atom. The molecule has 1 aromatic carbocycles. The van der Waals surface area contributed by atoms with E-state index in [1.54, 1.807) is 0 Å². The number of carbonyl (C=O) groups excluding carboxylic acids is 1. The molecule has 166 valence electrons. The van der Waals surface area contributed by atoms with Crippen molar-refractivity contribution in [1.29, 1.82) is 0 Å². The van der Waals surface area contributed by atoms with Crippen LogP contribution in [0.3, 0.4) is 0 Å². The highest BCUT2D eigenvalue weighted by Gasteiger charge is 2.32. The molecule has 32 heavy (non-hydrogen) atoms. The maximum Gasteiger partial charge on any atom is 0.258 e. The first-order valence-electron chi connectivity index (χ1n) is 11.3. The Bertz CT molecular complexity index is 1170. The summed E-state index contributed by atoms with van der Waals surface area (Å²) >= 11 is 0. The van der Waals surface area contributed by atoms with Crippen molar-refractivity contribution in [1.82, 2.24) is 19.9 Å². The average Bonchev–Trinajstić information content (AvgIpc) is 3.30. The van der Waals surface area contributed by atoms with E-state index in [2.05, 4.69) is 25.1 Å². The Balaban J connectivity index is 1.19. The number of pyridine rings is 1. The number of benzene rings is 1. The molecule has 8 nitrogen and oxygen atoms in total. The molecule has 4 heterocycles. The minimum Gasteiger partial charge on any atom is -0.370 e. The van der Waals surface area contributed by atoms with Crippen LogP contribution in [0.25, 0.3) is 10.9 Å². The Morgan fingerprint density at radius 1 is 1.09 bits per heavy atom. The van der Waals surface area contributed by atoms with Crippen LogP contribution in [0.2, 0.25) is 0 Å². The zero-order valence-electron chi connectivity index (χ0n) is 18.3. The molecule has 1 amide bonds. The number of nitrogens with zero attached hydrogens (tertiary/aromatic N) is 4. The van der Waals surface area contributed by atoms with E-state index >= 15 is 0 Å². The van der Waals surface area contributed by atoms with Crippen LogP contribution in [0.4, 0.5) is 11.5 Å². The molecular weight excluding hydrogens is 404 g/mol. The summed E-state index contributed by atoms with van der Waals surface area (Å²) < 4.78 is 0. The quantitative estimate of drug-likeness (QED) is 0.658. The summed E-state index contributed by atoms with van der Waals surface area (Å²) in [5, 5.41) is 3.36. The van der Waals surface area contributed by atoms with Crippen molar-refractivity contribution < 1.29 is 4.79 Å². The summed E-state index contributed by atoms with van der Waals surface area (Å²) in [5.41, 5.74) is 1.82. The van der Waals surface area contributed by atoms with Gasteiger partial charge in [0.25, 0.3) is 5.56 Å². The Kier molecular flexibility index (Phi) is 5.61. The second-order valence-electron chi connectivity index (χ2n) is 8.75. The number of piperidine rings is 1. The summed E-state index contributed by atoms with van der Waals surface area (Å²) in [6.07, 6.45) is 5.05. The number of para-hydroxylation sites is 1. The van der Waals surface area contributed by atoms with Crippen LogP contribution >= 0.6 is 0 Å². The summed E-state index contributed by atoms with van der Waals surface area (Å²) in [7, 11) is 0.